The quantitative estimate of drug-likeness (QED) is 0.518. The number of amides is 1. The number of nitrogens with zero attached hydrogens (tertiary/aromatic N) is 4. The molecule has 32 heavy (non-hydrogen) atoms. The van der Waals surface area contributed by atoms with Crippen molar-refractivity contribution in [3.05, 3.63) is 70.4 Å². The van der Waals surface area contributed by atoms with Crippen molar-refractivity contribution in [2.75, 3.05) is 39.3 Å². The van der Waals surface area contributed by atoms with Crippen LogP contribution in [0, 0.1) is 6.92 Å². The van der Waals surface area contributed by atoms with Crippen molar-refractivity contribution in [2.45, 2.75) is 19.8 Å². The molecule has 3 heterocycles. The summed E-state index contributed by atoms with van der Waals surface area (Å²) in [5.41, 5.74) is 4.16. The SMILES string of the molecule is Cc1ncsc1CCN1CCN(C(=O)Oc2ccc(CCOc3ccncc3)cc2)CC1. The second kappa shape index (κ2) is 11.1. The molecule has 2 aromatic heterocycles. The molecule has 1 aromatic carbocycles. The molecule has 0 radical (unpaired) electrons. The van der Waals surface area contributed by atoms with E-state index < -0.39 is 0 Å². The molecule has 1 fully saturated rings. The summed E-state index contributed by atoms with van der Waals surface area (Å²) in [4.78, 5) is 26.3. The molecule has 8 heteroatoms. The van der Waals surface area contributed by atoms with Crippen molar-refractivity contribution >= 4 is 17.4 Å². The van der Waals surface area contributed by atoms with Crippen LogP contribution in [0.5, 0.6) is 11.5 Å². The molecule has 0 N–H and O–H groups in total. The Hall–Kier alpha value is -2.97. The van der Waals surface area contributed by atoms with Gasteiger partial charge in [-0.3, -0.25) is 9.88 Å². The molecule has 4 rings (SSSR count). The third kappa shape index (κ3) is 6.27. The van der Waals surface area contributed by atoms with E-state index in [2.05, 4.69) is 21.8 Å². The van der Waals surface area contributed by atoms with Gasteiger partial charge < -0.3 is 14.4 Å². The molecule has 1 aliphatic rings. The van der Waals surface area contributed by atoms with Crippen LogP contribution in [0.1, 0.15) is 16.1 Å². The molecular weight excluding hydrogens is 424 g/mol. The van der Waals surface area contributed by atoms with Crippen LogP contribution in [0.15, 0.2) is 54.3 Å². The Balaban J connectivity index is 1.17. The molecule has 1 aliphatic heterocycles. The predicted octanol–water partition coefficient (Wildman–Crippen LogP) is 3.83. The minimum atomic E-state index is -0.281. The minimum absolute atomic E-state index is 0.281. The number of benzene rings is 1. The van der Waals surface area contributed by atoms with E-state index in [0.717, 1.165) is 49.5 Å². The molecule has 1 saturated heterocycles. The zero-order chi connectivity index (χ0) is 22.2. The van der Waals surface area contributed by atoms with Crippen LogP contribution >= 0.6 is 11.3 Å². The molecule has 1 amide bonds. The van der Waals surface area contributed by atoms with Gasteiger partial charge in [0.15, 0.2) is 0 Å². The standard InChI is InChI=1S/C24H28N4O3S/c1-19-23(32-18-26-19)8-12-27-13-15-28(16-14-27)24(29)31-22-4-2-20(3-5-22)9-17-30-21-6-10-25-11-7-21/h2-7,10-11,18H,8-9,12-17H2,1H3. The normalized spacial score (nSPS) is 14.3. The van der Waals surface area contributed by atoms with Gasteiger partial charge in [0.2, 0.25) is 0 Å². The average molecular weight is 453 g/mol. The van der Waals surface area contributed by atoms with E-state index in [1.54, 1.807) is 28.6 Å². The fraction of sp³-hybridized carbons (Fsp3) is 0.375. The molecule has 3 aromatic rings. The van der Waals surface area contributed by atoms with Gasteiger partial charge in [0.25, 0.3) is 0 Å². The first kappa shape index (κ1) is 22.2. The lowest BCUT2D eigenvalue weighted by molar-refractivity contribution is 0.111. The molecule has 0 spiro atoms. The lowest BCUT2D eigenvalue weighted by Crippen LogP contribution is -2.49. The van der Waals surface area contributed by atoms with Crippen LogP contribution in [0.3, 0.4) is 0 Å². The van der Waals surface area contributed by atoms with Crippen molar-refractivity contribution in [1.82, 2.24) is 19.8 Å². The summed E-state index contributed by atoms with van der Waals surface area (Å²) in [5, 5.41) is 0. The first-order valence-electron chi connectivity index (χ1n) is 10.9. The van der Waals surface area contributed by atoms with Crippen molar-refractivity contribution < 1.29 is 14.3 Å². The predicted molar refractivity (Wildman–Crippen MR) is 124 cm³/mol. The second-order valence-corrected chi connectivity index (χ2v) is 8.67. The highest BCUT2D eigenvalue weighted by Gasteiger charge is 2.22. The number of aromatic nitrogens is 2. The Morgan fingerprint density at radius 3 is 2.44 bits per heavy atom. The van der Waals surface area contributed by atoms with E-state index >= 15 is 0 Å². The second-order valence-electron chi connectivity index (χ2n) is 7.73. The van der Waals surface area contributed by atoms with Gasteiger partial charge in [-0.25, -0.2) is 9.78 Å². The summed E-state index contributed by atoms with van der Waals surface area (Å²) in [7, 11) is 0. The third-order valence-corrected chi connectivity index (χ3v) is 6.56. The monoisotopic (exact) mass is 452 g/mol. The van der Waals surface area contributed by atoms with Gasteiger partial charge in [0.1, 0.15) is 11.5 Å². The molecule has 0 saturated carbocycles. The van der Waals surface area contributed by atoms with Crippen LogP contribution < -0.4 is 9.47 Å². The minimum Gasteiger partial charge on any atom is -0.493 e. The Bertz CT molecular complexity index is 986. The Morgan fingerprint density at radius 1 is 1.00 bits per heavy atom. The number of aryl methyl sites for hydroxylation is 1. The summed E-state index contributed by atoms with van der Waals surface area (Å²) in [6.07, 6.45) is 4.93. The molecule has 7 nitrogen and oxygen atoms in total. The molecule has 168 valence electrons. The van der Waals surface area contributed by atoms with Gasteiger partial charge in [0.05, 0.1) is 17.8 Å². The number of thiazole rings is 1. The van der Waals surface area contributed by atoms with Crippen LogP contribution in [-0.2, 0) is 12.8 Å². The Morgan fingerprint density at radius 2 is 1.75 bits per heavy atom. The maximum atomic E-state index is 12.5. The number of rotatable bonds is 8. The first-order valence-corrected chi connectivity index (χ1v) is 11.8. The third-order valence-electron chi connectivity index (χ3n) is 5.57. The lowest BCUT2D eigenvalue weighted by atomic mass is 10.1. The van der Waals surface area contributed by atoms with Gasteiger partial charge in [-0.1, -0.05) is 12.1 Å². The van der Waals surface area contributed by atoms with Gasteiger partial charge >= 0.3 is 6.09 Å². The van der Waals surface area contributed by atoms with E-state index in [0.29, 0.717) is 25.4 Å². The highest BCUT2D eigenvalue weighted by Crippen LogP contribution is 2.17. The molecule has 0 atom stereocenters. The summed E-state index contributed by atoms with van der Waals surface area (Å²) in [6, 6.07) is 11.3. The highest BCUT2D eigenvalue weighted by atomic mass is 32.1. The lowest BCUT2D eigenvalue weighted by Gasteiger charge is -2.33. The molecule has 0 unspecified atom stereocenters. The zero-order valence-corrected chi connectivity index (χ0v) is 19.1. The van der Waals surface area contributed by atoms with E-state index in [4.69, 9.17) is 9.47 Å². The van der Waals surface area contributed by atoms with Gasteiger partial charge in [-0.05, 0) is 43.2 Å². The fourth-order valence-corrected chi connectivity index (χ4v) is 4.36. The Labute approximate surface area is 192 Å². The highest BCUT2D eigenvalue weighted by molar-refractivity contribution is 7.09. The summed E-state index contributed by atoms with van der Waals surface area (Å²) in [6.45, 7) is 6.74. The largest absolute Gasteiger partial charge is 0.493 e. The van der Waals surface area contributed by atoms with Crippen LogP contribution in [0.2, 0.25) is 0 Å². The Kier molecular flexibility index (Phi) is 7.68. The van der Waals surface area contributed by atoms with Gasteiger partial charge in [-0.15, -0.1) is 11.3 Å². The van der Waals surface area contributed by atoms with Crippen LogP contribution in [-0.4, -0.2) is 65.2 Å². The molecule has 0 aliphatic carbocycles. The number of piperazine rings is 1. The van der Waals surface area contributed by atoms with E-state index in [-0.39, 0.29) is 6.09 Å². The summed E-state index contributed by atoms with van der Waals surface area (Å²) >= 11 is 1.72. The fourth-order valence-electron chi connectivity index (χ4n) is 3.59. The number of pyridine rings is 1. The van der Waals surface area contributed by atoms with Crippen LogP contribution in [0.4, 0.5) is 4.79 Å². The average Bonchev–Trinajstić information content (AvgIpc) is 3.24. The number of carbonyl (C=O) groups excluding carboxylic acids is 1. The number of hydrogen-bond donors (Lipinski definition) is 0. The first-order chi connectivity index (χ1) is 15.7. The van der Waals surface area contributed by atoms with Crippen molar-refractivity contribution in [1.29, 1.82) is 0 Å². The van der Waals surface area contributed by atoms with Gasteiger partial charge in [-0.2, -0.15) is 0 Å². The maximum Gasteiger partial charge on any atom is 0.415 e. The molecular formula is C24H28N4O3S. The van der Waals surface area contributed by atoms with E-state index in [9.17, 15) is 4.79 Å². The summed E-state index contributed by atoms with van der Waals surface area (Å²) < 4.78 is 11.3. The smallest absolute Gasteiger partial charge is 0.415 e. The molecule has 0 bridgehead atoms. The van der Waals surface area contributed by atoms with Crippen molar-refractivity contribution in [3.63, 3.8) is 0 Å². The number of carbonyl (C=O) groups is 1. The van der Waals surface area contributed by atoms with E-state index in [1.165, 1.54) is 4.88 Å². The number of ether oxygens (including phenoxy) is 2. The topological polar surface area (TPSA) is 67.8 Å². The maximum absolute atomic E-state index is 12.5. The summed E-state index contributed by atoms with van der Waals surface area (Å²) in [5.74, 6) is 1.38. The van der Waals surface area contributed by atoms with Gasteiger partial charge in [0, 0.05) is 56.4 Å². The number of hydrogen-bond acceptors (Lipinski definition) is 7. The van der Waals surface area contributed by atoms with Crippen LogP contribution in [0.25, 0.3) is 0 Å². The zero-order valence-electron chi connectivity index (χ0n) is 18.3. The van der Waals surface area contributed by atoms with Crippen molar-refractivity contribution in [2.24, 2.45) is 0 Å². The van der Waals surface area contributed by atoms with E-state index in [1.807, 2.05) is 41.9 Å². The van der Waals surface area contributed by atoms with Crippen molar-refractivity contribution in [3.8, 4) is 11.5 Å².